The number of anilines is 1. The second-order valence-corrected chi connectivity index (χ2v) is 8.37. The Morgan fingerprint density at radius 1 is 1.27 bits per heavy atom. The Morgan fingerprint density at radius 3 is 2.59 bits per heavy atom. The smallest absolute Gasteiger partial charge is 0.156 e. The molecular weight excluding hydrogens is 298 g/mol. The van der Waals surface area contributed by atoms with Gasteiger partial charge in [0.25, 0.3) is 0 Å². The van der Waals surface area contributed by atoms with Crippen molar-refractivity contribution in [1.29, 1.82) is 0 Å². The van der Waals surface area contributed by atoms with E-state index < -0.39 is 9.84 Å². The van der Waals surface area contributed by atoms with Gasteiger partial charge in [-0.3, -0.25) is 4.68 Å². The zero-order chi connectivity index (χ0) is 16.3. The molecule has 0 aliphatic rings. The fourth-order valence-corrected chi connectivity index (χ4v) is 3.17. The van der Waals surface area contributed by atoms with Gasteiger partial charge in [0.15, 0.2) is 9.84 Å². The van der Waals surface area contributed by atoms with Crippen LogP contribution in [0.1, 0.15) is 30.8 Å². The van der Waals surface area contributed by atoms with Crippen LogP contribution in [0.25, 0.3) is 0 Å². The van der Waals surface area contributed by atoms with Gasteiger partial charge in [-0.1, -0.05) is 12.1 Å². The molecule has 2 rings (SSSR count). The van der Waals surface area contributed by atoms with Crippen molar-refractivity contribution in [3.63, 3.8) is 0 Å². The van der Waals surface area contributed by atoms with Crippen molar-refractivity contribution in [2.24, 2.45) is 7.05 Å². The topological polar surface area (TPSA) is 64.0 Å². The summed E-state index contributed by atoms with van der Waals surface area (Å²) in [6.45, 7) is 6.03. The van der Waals surface area contributed by atoms with E-state index in [2.05, 4.69) is 10.4 Å². The van der Waals surface area contributed by atoms with Gasteiger partial charge in [0, 0.05) is 12.7 Å². The summed E-state index contributed by atoms with van der Waals surface area (Å²) in [5.41, 5.74) is 3.78. The van der Waals surface area contributed by atoms with Crippen LogP contribution in [0.3, 0.4) is 0 Å². The monoisotopic (exact) mass is 321 g/mol. The molecule has 1 aromatic heterocycles. The summed E-state index contributed by atoms with van der Waals surface area (Å²) in [5.74, 6) is 0.0744. The van der Waals surface area contributed by atoms with Gasteiger partial charge in [-0.25, -0.2) is 8.42 Å². The lowest BCUT2D eigenvalue weighted by Crippen LogP contribution is -2.16. The highest BCUT2D eigenvalue weighted by molar-refractivity contribution is 7.91. The van der Waals surface area contributed by atoms with E-state index >= 15 is 0 Å². The van der Waals surface area contributed by atoms with Crippen LogP contribution in [-0.4, -0.2) is 23.4 Å². The molecular formula is C16H23N3O2S. The molecule has 120 valence electrons. The first-order valence-electron chi connectivity index (χ1n) is 7.32. The SMILES string of the molecule is Cc1cc(CNc2cccc(CS(=O)(=O)C(C)C)c2)n(C)n1. The average molecular weight is 321 g/mol. The molecule has 0 saturated heterocycles. The number of nitrogens with zero attached hydrogens (tertiary/aromatic N) is 2. The van der Waals surface area contributed by atoms with E-state index in [0.29, 0.717) is 6.54 Å². The third-order valence-corrected chi connectivity index (χ3v) is 5.76. The Labute approximate surface area is 132 Å². The molecule has 22 heavy (non-hydrogen) atoms. The molecule has 0 radical (unpaired) electrons. The number of sulfone groups is 1. The van der Waals surface area contributed by atoms with Crippen LogP contribution in [-0.2, 0) is 29.2 Å². The largest absolute Gasteiger partial charge is 0.379 e. The standard InChI is InChI=1S/C16H23N3O2S/c1-12(2)22(20,21)11-14-6-5-7-15(9-14)17-10-16-8-13(3)18-19(16)4/h5-9,12,17H,10-11H2,1-4H3. The average Bonchev–Trinajstić information content (AvgIpc) is 2.74. The Hall–Kier alpha value is -1.82. The van der Waals surface area contributed by atoms with Crippen molar-refractivity contribution < 1.29 is 8.42 Å². The number of hydrogen-bond acceptors (Lipinski definition) is 4. The van der Waals surface area contributed by atoms with Crippen LogP contribution < -0.4 is 5.32 Å². The maximum absolute atomic E-state index is 12.0. The van der Waals surface area contributed by atoms with Crippen LogP contribution >= 0.6 is 0 Å². The predicted octanol–water partition coefficient (Wildman–Crippen LogP) is 2.66. The van der Waals surface area contributed by atoms with Crippen LogP contribution in [0.15, 0.2) is 30.3 Å². The van der Waals surface area contributed by atoms with E-state index in [4.69, 9.17) is 0 Å². The fourth-order valence-electron chi connectivity index (χ4n) is 2.19. The maximum atomic E-state index is 12.0. The van der Waals surface area contributed by atoms with Gasteiger partial charge in [-0.2, -0.15) is 5.10 Å². The Kier molecular flexibility index (Phi) is 4.90. The lowest BCUT2D eigenvalue weighted by atomic mass is 10.2. The highest BCUT2D eigenvalue weighted by atomic mass is 32.2. The van der Waals surface area contributed by atoms with Crippen molar-refractivity contribution >= 4 is 15.5 Å². The number of aryl methyl sites for hydroxylation is 2. The van der Waals surface area contributed by atoms with Crippen LogP contribution in [0, 0.1) is 6.92 Å². The van der Waals surface area contributed by atoms with Gasteiger partial charge in [0.05, 0.1) is 28.9 Å². The minimum atomic E-state index is -3.08. The molecule has 0 unspecified atom stereocenters. The van der Waals surface area contributed by atoms with E-state index in [0.717, 1.165) is 22.6 Å². The molecule has 0 amide bonds. The summed E-state index contributed by atoms with van der Waals surface area (Å²) in [5, 5.41) is 7.26. The van der Waals surface area contributed by atoms with Crippen molar-refractivity contribution in [1.82, 2.24) is 9.78 Å². The zero-order valence-corrected chi connectivity index (χ0v) is 14.3. The summed E-state index contributed by atoms with van der Waals surface area (Å²) in [6, 6.07) is 9.58. The Balaban J connectivity index is 2.07. The molecule has 5 nitrogen and oxygen atoms in total. The second-order valence-electron chi connectivity index (χ2n) is 5.81. The minimum absolute atomic E-state index is 0.0744. The number of hydrogen-bond donors (Lipinski definition) is 1. The summed E-state index contributed by atoms with van der Waals surface area (Å²) in [4.78, 5) is 0. The van der Waals surface area contributed by atoms with E-state index in [1.165, 1.54) is 0 Å². The Bertz CT molecular complexity index is 749. The fraction of sp³-hybridized carbons (Fsp3) is 0.438. The first kappa shape index (κ1) is 16.5. The van der Waals surface area contributed by atoms with Crippen molar-refractivity contribution in [2.45, 2.75) is 38.3 Å². The summed E-state index contributed by atoms with van der Waals surface area (Å²) < 4.78 is 25.9. The van der Waals surface area contributed by atoms with Gasteiger partial charge in [0.2, 0.25) is 0 Å². The summed E-state index contributed by atoms with van der Waals surface area (Å²) in [7, 11) is -1.17. The van der Waals surface area contributed by atoms with E-state index in [1.807, 2.05) is 49.0 Å². The highest BCUT2D eigenvalue weighted by Gasteiger charge is 2.16. The number of rotatable bonds is 6. The lowest BCUT2D eigenvalue weighted by Gasteiger charge is -2.10. The van der Waals surface area contributed by atoms with Gasteiger partial charge >= 0.3 is 0 Å². The van der Waals surface area contributed by atoms with E-state index in [9.17, 15) is 8.42 Å². The molecule has 0 aliphatic carbocycles. The predicted molar refractivity (Wildman–Crippen MR) is 89.5 cm³/mol. The number of benzene rings is 1. The second kappa shape index (κ2) is 6.52. The van der Waals surface area contributed by atoms with Crippen molar-refractivity contribution in [2.75, 3.05) is 5.32 Å². The van der Waals surface area contributed by atoms with Gasteiger partial charge in [-0.15, -0.1) is 0 Å². The molecule has 1 N–H and O–H groups in total. The molecule has 2 aromatic rings. The van der Waals surface area contributed by atoms with Gasteiger partial charge < -0.3 is 5.32 Å². The van der Waals surface area contributed by atoms with E-state index in [-0.39, 0.29) is 11.0 Å². The molecule has 1 aromatic carbocycles. The number of nitrogens with one attached hydrogen (secondary N) is 1. The number of aromatic nitrogens is 2. The molecule has 0 fully saturated rings. The molecule has 0 saturated carbocycles. The molecule has 0 spiro atoms. The first-order valence-corrected chi connectivity index (χ1v) is 9.03. The minimum Gasteiger partial charge on any atom is -0.379 e. The van der Waals surface area contributed by atoms with Crippen LogP contribution in [0.2, 0.25) is 0 Å². The maximum Gasteiger partial charge on any atom is 0.156 e. The van der Waals surface area contributed by atoms with Gasteiger partial charge in [-0.05, 0) is 44.5 Å². The molecule has 0 aliphatic heterocycles. The Morgan fingerprint density at radius 2 is 2.00 bits per heavy atom. The molecule has 1 heterocycles. The van der Waals surface area contributed by atoms with E-state index in [1.54, 1.807) is 13.8 Å². The quantitative estimate of drug-likeness (QED) is 0.888. The summed E-state index contributed by atoms with van der Waals surface area (Å²) in [6.07, 6.45) is 0. The lowest BCUT2D eigenvalue weighted by molar-refractivity contribution is 0.586. The first-order chi connectivity index (χ1) is 10.3. The summed E-state index contributed by atoms with van der Waals surface area (Å²) >= 11 is 0. The molecule has 6 heteroatoms. The van der Waals surface area contributed by atoms with Gasteiger partial charge in [0.1, 0.15) is 0 Å². The highest BCUT2D eigenvalue weighted by Crippen LogP contribution is 2.16. The molecule has 0 bridgehead atoms. The molecule has 0 atom stereocenters. The van der Waals surface area contributed by atoms with Crippen LogP contribution in [0.5, 0.6) is 0 Å². The zero-order valence-electron chi connectivity index (χ0n) is 13.5. The normalized spacial score (nSPS) is 11.9. The third kappa shape index (κ3) is 4.10. The third-order valence-electron chi connectivity index (χ3n) is 3.59. The van der Waals surface area contributed by atoms with Crippen LogP contribution in [0.4, 0.5) is 5.69 Å². The van der Waals surface area contributed by atoms with Crippen molar-refractivity contribution in [3.05, 3.63) is 47.3 Å². The van der Waals surface area contributed by atoms with Crippen molar-refractivity contribution in [3.8, 4) is 0 Å².